The van der Waals surface area contributed by atoms with E-state index in [4.69, 9.17) is 0 Å². The summed E-state index contributed by atoms with van der Waals surface area (Å²) < 4.78 is 1.35. The molecule has 2 aromatic carbocycles. The number of hydrogen-bond donors (Lipinski definition) is 1. The van der Waals surface area contributed by atoms with Crippen LogP contribution in [0.4, 0.5) is 0 Å². The molecule has 3 aromatic rings. The molecule has 0 unspecified atom stereocenters. The van der Waals surface area contributed by atoms with E-state index in [-0.39, 0.29) is 11.1 Å². The van der Waals surface area contributed by atoms with Crippen molar-refractivity contribution < 1.29 is 4.79 Å². The molecular weight excluding hydrogens is 350 g/mol. The fraction of sp³-hybridized carbons (Fsp3) is 0.261. The van der Waals surface area contributed by atoms with Gasteiger partial charge < -0.3 is 5.32 Å². The van der Waals surface area contributed by atoms with Crippen LogP contribution in [0.25, 0.3) is 22.4 Å². The molecule has 3 rings (SSSR count). The minimum atomic E-state index is -0.468. The highest BCUT2D eigenvalue weighted by atomic mass is 16.2. The molecule has 0 saturated carbocycles. The van der Waals surface area contributed by atoms with Crippen LogP contribution in [0, 0.1) is 0 Å². The van der Waals surface area contributed by atoms with Crippen molar-refractivity contribution in [3.8, 4) is 22.4 Å². The molecule has 0 aliphatic rings. The fourth-order valence-corrected chi connectivity index (χ4v) is 3.08. The number of aryl methyl sites for hydroxylation is 1. The van der Waals surface area contributed by atoms with E-state index in [1.807, 2.05) is 88.4 Å². The third-order valence-electron chi connectivity index (χ3n) is 4.28. The second kappa shape index (κ2) is 7.80. The summed E-state index contributed by atoms with van der Waals surface area (Å²) in [6.07, 6.45) is 0. The van der Waals surface area contributed by atoms with Crippen molar-refractivity contribution in [2.45, 2.75) is 39.8 Å². The predicted octanol–water partition coefficient (Wildman–Crippen LogP) is 4.13. The van der Waals surface area contributed by atoms with Crippen molar-refractivity contribution in [1.82, 2.24) is 15.1 Å². The first-order valence-electron chi connectivity index (χ1n) is 9.40. The Morgan fingerprint density at radius 3 is 2.00 bits per heavy atom. The zero-order chi connectivity index (χ0) is 20.3. The van der Waals surface area contributed by atoms with Gasteiger partial charge in [0.05, 0.1) is 5.69 Å². The van der Waals surface area contributed by atoms with E-state index in [1.54, 1.807) is 0 Å². The predicted molar refractivity (Wildman–Crippen MR) is 112 cm³/mol. The molecule has 0 saturated heterocycles. The SMILES string of the molecule is CCn1nc(-c2ccccc2)c(-c2ccccc2)c(C(=O)NC(C)(C)C)c1=O. The first kappa shape index (κ1) is 19.5. The summed E-state index contributed by atoms with van der Waals surface area (Å²) in [5, 5.41) is 7.54. The number of amides is 1. The molecule has 1 amide bonds. The number of benzene rings is 2. The molecule has 0 atom stereocenters. The van der Waals surface area contributed by atoms with Gasteiger partial charge in [-0.05, 0) is 33.3 Å². The number of aromatic nitrogens is 2. The maximum absolute atomic E-state index is 13.2. The van der Waals surface area contributed by atoms with Gasteiger partial charge in [0.1, 0.15) is 5.56 Å². The first-order valence-corrected chi connectivity index (χ1v) is 9.40. The van der Waals surface area contributed by atoms with E-state index < -0.39 is 11.4 Å². The highest BCUT2D eigenvalue weighted by Gasteiger charge is 2.26. The van der Waals surface area contributed by atoms with Crippen LogP contribution in [0.2, 0.25) is 0 Å². The number of carbonyl (C=O) groups excluding carboxylic acids is 1. The van der Waals surface area contributed by atoms with Gasteiger partial charge in [-0.3, -0.25) is 9.59 Å². The van der Waals surface area contributed by atoms with Crippen LogP contribution < -0.4 is 10.9 Å². The normalized spacial score (nSPS) is 11.3. The monoisotopic (exact) mass is 375 g/mol. The molecule has 1 aromatic heterocycles. The van der Waals surface area contributed by atoms with E-state index in [2.05, 4.69) is 10.4 Å². The molecule has 1 N–H and O–H groups in total. The Balaban J connectivity index is 2.39. The van der Waals surface area contributed by atoms with Gasteiger partial charge in [0.2, 0.25) is 0 Å². The first-order chi connectivity index (χ1) is 13.3. The Labute approximate surface area is 165 Å². The third kappa shape index (κ3) is 4.03. The summed E-state index contributed by atoms with van der Waals surface area (Å²) in [6, 6.07) is 19.1. The Morgan fingerprint density at radius 1 is 0.964 bits per heavy atom. The average molecular weight is 375 g/mol. The maximum Gasteiger partial charge on any atom is 0.280 e. The summed E-state index contributed by atoms with van der Waals surface area (Å²) in [5.74, 6) is -0.391. The Hall–Kier alpha value is -3.21. The molecule has 0 fully saturated rings. The molecule has 1 heterocycles. The van der Waals surface area contributed by atoms with E-state index in [9.17, 15) is 9.59 Å². The van der Waals surface area contributed by atoms with Gasteiger partial charge in [-0.25, -0.2) is 4.68 Å². The molecular formula is C23H25N3O2. The second-order valence-electron chi connectivity index (χ2n) is 7.66. The lowest BCUT2D eigenvalue weighted by Crippen LogP contribution is -2.44. The molecule has 0 spiro atoms. The van der Waals surface area contributed by atoms with Crippen molar-refractivity contribution in [3.05, 3.63) is 76.6 Å². The van der Waals surface area contributed by atoms with Gasteiger partial charge >= 0.3 is 0 Å². The zero-order valence-electron chi connectivity index (χ0n) is 16.7. The lowest BCUT2D eigenvalue weighted by Gasteiger charge is -2.22. The van der Waals surface area contributed by atoms with E-state index in [1.165, 1.54) is 4.68 Å². The summed E-state index contributed by atoms with van der Waals surface area (Å²) in [5.41, 5.74) is 2.09. The number of nitrogens with one attached hydrogen (secondary N) is 1. The van der Waals surface area contributed by atoms with E-state index in [0.717, 1.165) is 11.1 Å². The molecule has 0 aliphatic heterocycles. The van der Waals surface area contributed by atoms with Crippen LogP contribution in [-0.2, 0) is 6.54 Å². The number of rotatable bonds is 4. The van der Waals surface area contributed by atoms with Crippen molar-refractivity contribution in [2.75, 3.05) is 0 Å². The Kier molecular flexibility index (Phi) is 5.45. The van der Waals surface area contributed by atoms with Gasteiger partial charge in [0.25, 0.3) is 11.5 Å². The topological polar surface area (TPSA) is 64.0 Å². The minimum Gasteiger partial charge on any atom is -0.347 e. The third-order valence-corrected chi connectivity index (χ3v) is 4.28. The molecule has 0 aliphatic carbocycles. The second-order valence-corrected chi connectivity index (χ2v) is 7.66. The van der Waals surface area contributed by atoms with E-state index >= 15 is 0 Å². The van der Waals surface area contributed by atoms with Crippen LogP contribution in [0.3, 0.4) is 0 Å². The summed E-state index contributed by atoms with van der Waals surface area (Å²) in [7, 11) is 0. The minimum absolute atomic E-state index is 0.122. The van der Waals surface area contributed by atoms with Crippen molar-refractivity contribution >= 4 is 5.91 Å². The van der Waals surface area contributed by atoms with Crippen LogP contribution >= 0.6 is 0 Å². The van der Waals surface area contributed by atoms with Crippen LogP contribution in [0.1, 0.15) is 38.1 Å². The molecule has 5 heteroatoms. The molecule has 0 radical (unpaired) electrons. The summed E-state index contributed by atoms with van der Waals surface area (Å²) >= 11 is 0. The number of hydrogen-bond acceptors (Lipinski definition) is 3. The molecule has 0 bridgehead atoms. The molecule has 28 heavy (non-hydrogen) atoms. The van der Waals surface area contributed by atoms with Crippen molar-refractivity contribution in [1.29, 1.82) is 0 Å². The Morgan fingerprint density at radius 2 is 1.50 bits per heavy atom. The van der Waals surface area contributed by atoms with E-state index in [0.29, 0.717) is 17.8 Å². The summed E-state index contributed by atoms with van der Waals surface area (Å²) in [6.45, 7) is 7.90. The molecule has 144 valence electrons. The van der Waals surface area contributed by atoms with Crippen molar-refractivity contribution in [2.24, 2.45) is 0 Å². The average Bonchev–Trinajstić information content (AvgIpc) is 2.67. The van der Waals surface area contributed by atoms with Gasteiger partial charge in [-0.1, -0.05) is 60.7 Å². The zero-order valence-corrected chi connectivity index (χ0v) is 16.7. The Bertz CT molecular complexity index is 1030. The largest absolute Gasteiger partial charge is 0.347 e. The summed E-state index contributed by atoms with van der Waals surface area (Å²) in [4.78, 5) is 26.3. The fourth-order valence-electron chi connectivity index (χ4n) is 3.08. The van der Waals surface area contributed by atoms with Gasteiger partial charge in [-0.15, -0.1) is 0 Å². The van der Waals surface area contributed by atoms with Crippen LogP contribution in [0.5, 0.6) is 0 Å². The number of nitrogens with zero attached hydrogens (tertiary/aromatic N) is 2. The molecule has 5 nitrogen and oxygen atoms in total. The quantitative estimate of drug-likeness (QED) is 0.746. The lowest BCUT2D eigenvalue weighted by molar-refractivity contribution is 0.0917. The highest BCUT2D eigenvalue weighted by molar-refractivity contribution is 6.04. The standard InChI is InChI=1S/C23H25N3O2/c1-5-26-22(28)19(21(27)24-23(2,3)4)18(16-12-8-6-9-13-16)20(25-26)17-14-10-7-11-15-17/h6-15H,5H2,1-4H3,(H,24,27). The van der Waals surface area contributed by atoms with Crippen LogP contribution in [-0.4, -0.2) is 21.2 Å². The smallest absolute Gasteiger partial charge is 0.280 e. The lowest BCUT2D eigenvalue weighted by atomic mass is 9.94. The maximum atomic E-state index is 13.2. The van der Waals surface area contributed by atoms with Crippen molar-refractivity contribution in [3.63, 3.8) is 0 Å². The highest BCUT2D eigenvalue weighted by Crippen LogP contribution is 2.32. The number of carbonyl (C=O) groups is 1. The van der Waals surface area contributed by atoms with Gasteiger partial charge in [0.15, 0.2) is 0 Å². The van der Waals surface area contributed by atoms with Gasteiger partial charge in [0, 0.05) is 23.2 Å². The van der Waals surface area contributed by atoms with Crippen LogP contribution in [0.15, 0.2) is 65.5 Å². The van der Waals surface area contributed by atoms with Gasteiger partial charge in [-0.2, -0.15) is 5.10 Å².